The summed E-state index contributed by atoms with van der Waals surface area (Å²) >= 11 is 9.34. The van der Waals surface area contributed by atoms with Crippen molar-refractivity contribution in [2.75, 3.05) is 5.88 Å². The molecular formula is C13H11BrClN3O. The Labute approximate surface area is 123 Å². The Balaban J connectivity index is 2.12. The molecule has 0 N–H and O–H groups in total. The van der Waals surface area contributed by atoms with Gasteiger partial charge in [-0.2, -0.15) is 0 Å². The predicted octanol–water partition coefficient (Wildman–Crippen LogP) is 3.62. The van der Waals surface area contributed by atoms with Crippen molar-refractivity contribution in [2.45, 2.75) is 13.0 Å². The fourth-order valence-corrected chi connectivity index (χ4v) is 2.60. The number of hydrogen-bond donors (Lipinski definition) is 0. The molecule has 0 atom stereocenters. The van der Waals surface area contributed by atoms with Gasteiger partial charge in [-0.25, -0.2) is 4.98 Å². The van der Waals surface area contributed by atoms with Crippen LogP contribution in [-0.2, 0) is 13.0 Å². The largest absolute Gasteiger partial charge is 0.364 e. The summed E-state index contributed by atoms with van der Waals surface area (Å²) in [5.41, 5.74) is 2.90. The highest BCUT2D eigenvalue weighted by Crippen LogP contribution is 2.22. The first kappa shape index (κ1) is 12.7. The summed E-state index contributed by atoms with van der Waals surface area (Å²) in [7, 11) is 0. The minimum Gasteiger partial charge on any atom is -0.364 e. The molecule has 2 heterocycles. The molecule has 0 aliphatic carbocycles. The standard InChI is InChI=1S/C13H11BrClN3O/c14-9-1-2-11-12(7-9)18(13(16-11)3-5-15)8-10-4-6-19-17-10/h1-2,4,6-7H,3,5,8H2. The summed E-state index contributed by atoms with van der Waals surface area (Å²) < 4.78 is 8.03. The first-order valence-corrected chi connectivity index (χ1v) is 7.20. The normalized spacial score (nSPS) is 11.3. The van der Waals surface area contributed by atoms with E-state index in [9.17, 15) is 0 Å². The number of imidazole rings is 1. The van der Waals surface area contributed by atoms with Crippen LogP contribution in [0.4, 0.5) is 0 Å². The van der Waals surface area contributed by atoms with Crippen molar-refractivity contribution in [3.8, 4) is 0 Å². The van der Waals surface area contributed by atoms with Gasteiger partial charge in [-0.15, -0.1) is 11.6 Å². The molecule has 0 fully saturated rings. The third-order valence-corrected chi connectivity index (χ3v) is 3.60. The van der Waals surface area contributed by atoms with Crippen LogP contribution in [0.25, 0.3) is 11.0 Å². The fraction of sp³-hybridized carbons (Fsp3) is 0.231. The van der Waals surface area contributed by atoms with Crippen LogP contribution in [0.1, 0.15) is 11.5 Å². The minimum absolute atomic E-state index is 0.545. The number of aromatic nitrogens is 3. The van der Waals surface area contributed by atoms with E-state index in [4.69, 9.17) is 16.1 Å². The van der Waals surface area contributed by atoms with Gasteiger partial charge >= 0.3 is 0 Å². The zero-order valence-electron chi connectivity index (χ0n) is 10.0. The van der Waals surface area contributed by atoms with E-state index >= 15 is 0 Å². The number of halogens is 2. The van der Waals surface area contributed by atoms with Crippen LogP contribution in [0.5, 0.6) is 0 Å². The van der Waals surface area contributed by atoms with Crippen molar-refractivity contribution in [1.29, 1.82) is 0 Å². The van der Waals surface area contributed by atoms with Gasteiger partial charge in [0.15, 0.2) is 0 Å². The van der Waals surface area contributed by atoms with Gasteiger partial charge in [0.05, 0.1) is 17.6 Å². The van der Waals surface area contributed by atoms with Crippen LogP contribution >= 0.6 is 27.5 Å². The van der Waals surface area contributed by atoms with E-state index in [0.29, 0.717) is 12.4 Å². The number of nitrogens with zero attached hydrogens (tertiary/aromatic N) is 3. The molecule has 0 amide bonds. The molecule has 2 aromatic heterocycles. The highest BCUT2D eigenvalue weighted by atomic mass is 79.9. The monoisotopic (exact) mass is 339 g/mol. The van der Waals surface area contributed by atoms with E-state index in [-0.39, 0.29) is 0 Å². The first-order valence-electron chi connectivity index (χ1n) is 5.88. The quantitative estimate of drug-likeness (QED) is 0.681. The summed E-state index contributed by atoms with van der Waals surface area (Å²) in [6, 6.07) is 7.89. The van der Waals surface area contributed by atoms with Crippen LogP contribution in [0.2, 0.25) is 0 Å². The molecule has 0 saturated carbocycles. The van der Waals surface area contributed by atoms with E-state index < -0.39 is 0 Å². The van der Waals surface area contributed by atoms with Gasteiger partial charge in [0, 0.05) is 22.8 Å². The van der Waals surface area contributed by atoms with Gasteiger partial charge < -0.3 is 9.09 Å². The van der Waals surface area contributed by atoms with E-state index in [0.717, 1.165) is 33.4 Å². The fourth-order valence-electron chi connectivity index (χ4n) is 2.08. The van der Waals surface area contributed by atoms with Gasteiger partial charge in [0.2, 0.25) is 0 Å². The van der Waals surface area contributed by atoms with Crippen LogP contribution in [0.3, 0.4) is 0 Å². The van der Waals surface area contributed by atoms with Crippen LogP contribution in [0, 0.1) is 0 Å². The van der Waals surface area contributed by atoms with Gasteiger partial charge in [-0.3, -0.25) is 0 Å². The molecule has 4 nitrogen and oxygen atoms in total. The van der Waals surface area contributed by atoms with Crippen LogP contribution in [0.15, 0.2) is 39.5 Å². The highest BCUT2D eigenvalue weighted by Gasteiger charge is 2.12. The lowest BCUT2D eigenvalue weighted by Crippen LogP contribution is -2.06. The van der Waals surface area contributed by atoms with E-state index in [1.165, 1.54) is 0 Å². The highest BCUT2D eigenvalue weighted by molar-refractivity contribution is 9.10. The van der Waals surface area contributed by atoms with E-state index in [1.807, 2.05) is 18.2 Å². The summed E-state index contributed by atoms with van der Waals surface area (Å²) in [6.07, 6.45) is 2.30. The zero-order chi connectivity index (χ0) is 13.2. The predicted molar refractivity (Wildman–Crippen MR) is 77.5 cm³/mol. The molecule has 98 valence electrons. The minimum atomic E-state index is 0.545. The summed E-state index contributed by atoms with van der Waals surface area (Å²) in [5.74, 6) is 1.51. The Morgan fingerprint density at radius 3 is 2.95 bits per heavy atom. The topological polar surface area (TPSA) is 43.9 Å². The van der Waals surface area contributed by atoms with Crippen molar-refractivity contribution in [2.24, 2.45) is 0 Å². The van der Waals surface area contributed by atoms with Gasteiger partial charge in [-0.1, -0.05) is 21.1 Å². The molecule has 0 unspecified atom stereocenters. The molecule has 3 rings (SSSR count). The molecule has 3 aromatic rings. The molecule has 1 aromatic carbocycles. The zero-order valence-corrected chi connectivity index (χ0v) is 12.4. The molecule has 0 saturated heterocycles. The van der Waals surface area contributed by atoms with Crippen molar-refractivity contribution >= 4 is 38.6 Å². The first-order chi connectivity index (χ1) is 9.28. The lowest BCUT2D eigenvalue weighted by molar-refractivity contribution is 0.409. The Bertz CT molecular complexity index is 693. The number of alkyl halides is 1. The van der Waals surface area contributed by atoms with Gasteiger partial charge in [-0.05, 0) is 18.2 Å². The summed E-state index contributed by atoms with van der Waals surface area (Å²) in [5, 5.41) is 3.95. The molecule has 6 heteroatoms. The molecule has 0 radical (unpaired) electrons. The SMILES string of the molecule is ClCCc1nc2ccc(Br)cc2n1Cc1ccon1. The molecule has 0 aliphatic heterocycles. The third-order valence-electron chi connectivity index (χ3n) is 2.92. The lowest BCUT2D eigenvalue weighted by atomic mass is 10.3. The van der Waals surface area contributed by atoms with Crippen molar-refractivity contribution in [3.05, 3.63) is 46.5 Å². The van der Waals surface area contributed by atoms with Crippen molar-refractivity contribution in [1.82, 2.24) is 14.7 Å². The Morgan fingerprint density at radius 2 is 2.21 bits per heavy atom. The number of aryl methyl sites for hydroxylation is 1. The van der Waals surface area contributed by atoms with Crippen molar-refractivity contribution < 1.29 is 4.52 Å². The van der Waals surface area contributed by atoms with Crippen LogP contribution < -0.4 is 0 Å². The number of hydrogen-bond acceptors (Lipinski definition) is 3. The lowest BCUT2D eigenvalue weighted by Gasteiger charge is -2.06. The number of rotatable bonds is 4. The maximum Gasteiger partial charge on any atom is 0.124 e. The molecule has 0 spiro atoms. The van der Waals surface area contributed by atoms with Crippen molar-refractivity contribution in [3.63, 3.8) is 0 Å². The third kappa shape index (κ3) is 2.53. The summed E-state index contributed by atoms with van der Waals surface area (Å²) in [6.45, 7) is 0.635. The molecular weight excluding hydrogens is 330 g/mol. The smallest absolute Gasteiger partial charge is 0.124 e. The van der Waals surface area contributed by atoms with Crippen LogP contribution in [-0.4, -0.2) is 20.6 Å². The maximum absolute atomic E-state index is 5.85. The van der Waals surface area contributed by atoms with Gasteiger partial charge in [0.25, 0.3) is 0 Å². The Kier molecular flexibility index (Phi) is 3.57. The Morgan fingerprint density at radius 1 is 1.32 bits per heavy atom. The summed E-state index contributed by atoms with van der Waals surface area (Å²) in [4.78, 5) is 4.62. The number of fused-ring (bicyclic) bond motifs is 1. The van der Waals surface area contributed by atoms with E-state index in [2.05, 4.69) is 36.7 Å². The second-order valence-electron chi connectivity index (χ2n) is 4.18. The van der Waals surface area contributed by atoms with E-state index in [1.54, 1.807) is 6.26 Å². The molecule has 19 heavy (non-hydrogen) atoms. The maximum atomic E-state index is 5.85. The molecule has 0 aliphatic rings. The second-order valence-corrected chi connectivity index (χ2v) is 5.47. The average Bonchev–Trinajstić information content (AvgIpc) is 3.00. The average molecular weight is 341 g/mol. The number of benzene rings is 1. The van der Waals surface area contributed by atoms with Gasteiger partial charge in [0.1, 0.15) is 17.8 Å². The molecule has 0 bridgehead atoms. The second kappa shape index (κ2) is 5.35. The Hall–Kier alpha value is -1.33.